The van der Waals surface area contributed by atoms with Gasteiger partial charge in [-0.2, -0.15) is 5.26 Å². The molecule has 1 saturated carbocycles. The first-order valence-corrected chi connectivity index (χ1v) is 6.50. The van der Waals surface area contributed by atoms with Crippen LogP contribution in [0.3, 0.4) is 0 Å². The predicted molar refractivity (Wildman–Crippen MR) is 71.2 cm³/mol. The molecule has 0 aromatic heterocycles. The molecular weight excluding hydrogens is 224 g/mol. The van der Waals surface area contributed by atoms with Crippen LogP contribution in [0.1, 0.15) is 36.0 Å². The predicted octanol–water partition coefficient (Wildman–Crippen LogP) is 2.52. The molecule has 2 unspecified atom stereocenters. The van der Waals surface area contributed by atoms with Crippen molar-refractivity contribution in [2.24, 2.45) is 0 Å². The maximum atomic E-state index is 8.84. The van der Waals surface area contributed by atoms with Gasteiger partial charge in [0.15, 0.2) is 0 Å². The number of hydrogen-bond acceptors (Lipinski definition) is 3. The van der Waals surface area contributed by atoms with Crippen LogP contribution in [-0.2, 0) is 11.3 Å². The van der Waals surface area contributed by atoms with Crippen molar-refractivity contribution in [3.05, 3.63) is 34.9 Å². The molecule has 18 heavy (non-hydrogen) atoms. The van der Waals surface area contributed by atoms with Crippen LogP contribution in [-0.4, -0.2) is 19.3 Å². The molecule has 2 rings (SSSR count). The van der Waals surface area contributed by atoms with Gasteiger partial charge in [0.05, 0.1) is 17.7 Å². The lowest BCUT2D eigenvalue weighted by molar-refractivity contribution is 0.0847. The molecule has 1 aliphatic carbocycles. The van der Waals surface area contributed by atoms with Gasteiger partial charge in [-0.05, 0) is 49.4 Å². The van der Waals surface area contributed by atoms with E-state index in [0.717, 1.165) is 18.5 Å². The van der Waals surface area contributed by atoms with Crippen molar-refractivity contribution in [3.63, 3.8) is 0 Å². The largest absolute Gasteiger partial charge is 0.380 e. The Bertz CT molecular complexity index is 450. The molecule has 96 valence electrons. The quantitative estimate of drug-likeness (QED) is 0.885. The van der Waals surface area contributed by atoms with Gasteiger partial charge >= 0.3 is 0 Å². The summed E-state index contributed by atoms with van der Waals surface area (Å²) < 4.78 is 5.47. The summed E-state index contributed by atoms with van der Waals surface area (Å²) in [6.45, 7) is 2.91. The molecule has 2 atom stereocenters. The number of benzene rings is 1. The average molecular weight is 244 g/mol. The lowest BCUT2D eigenvalue weighted by atomic mass is 10.0. The Morgan fingerprint density at radius 2 is 2.28 bits per heavy atom. The molecule has 1 N–H and O–H groups in total. The normalized spacial score (nSPS) is 22.9. The number of methoxy groups -OCH3 is 1. The van der Waals surface area contributed by atoms with E-state index in [4.69, 9.17) is 10.00 Å². The van der Waals surface area contributed by atoms with E-state index in [1.165, 1.54) is 24.0 Å². The topological polar surface area (TPSA) is 45.0 Å². The average Bonchev–Trinajstić information content (AvgIpc) is 2.84. The summed E-state index contributed by atoms with van der Waals surface area (Å²) in [5.41, 5.74) is 3.16. The first-order chi connectivity index (χ1) is 8.74. The fraction of sp³-hybridized carbons (Fsp3) is 0.533. The second-order valence-electron chi connectivity index (χ2n) is 4.95. The standard InChI is InChI=1S/C15H20N2O/c1-11-8-12(9-16)6-7-13(11)10-17-14-4-3-5-15(14)18-2/h6-8,14-15,17H,3-5,10H2,1-2H3. The van der Waals surface area contributed by atoms with Crippen LogP contribution in [0.2, 0.25) is 0 Å². The minimum absolute atomic E-state index is 0.351. The molecule has 3 nitrogen and oxygen atoms in total. The van der Waals surface area contributed by atoms with E-state index in [2.05, 4.69) is 18.3 Å². The lowest BCUT2D eigenvalue weighted by Crippen LogP contribution is -2.36. The minimum Gasteiger partial charge on any atom is -0.380 e. The zero-order valence-electron chi connectivity index (χ0n) is 11.1. The molecule has 1 aromatic carbocycles. The number of nitrogens with zero attached hydrogens (tertiary/aromatic N) is 1. The highest BCUT2D eigenvalue weighted by atomic mass is 16.5. The minimum atomic E-state index is 0.351. The van der Waals surface area contributed by atoms with Crippen molar-refractivity contribution in [1.82, 2.24) is 5.32 Å². The molecule has 0 aliphatic heterocycles. The fourth-order valence-corrected chi connectivity index (χ4v) is 2.65. The monoisotopic (exact) mass is 244 g/mol. The van der Waals surface area contributed by atoms with Crippen LogP contribution < -0.4 is 5.32 Å². The number of hydrogen-bond donors (Lipinski definition) is 1. The third-order valence-electron chi connectivity index (χ3n) is 3.78. The van der Waals surface area contributed by atoms with Gasteiger partial charge in [0.25, 0.3) is 0 Å². The smallest absolute Gasteiger partial charge is 0.0991 e. The molecule has 0 saturated heterocycles. The third-order valence-corrected chi connectivity index (χ3v) is 3.78. The van der Waals surface area contributed by atoms with Crippen LogP contribution >= 0.6 is 0 Å². The zero-order chi connectivity index (χ0) is 13.0. The second-order valence-corrected chi connectivity index (χ2v) is 4.95. The van der Waals surface area contributed by atoms with E-state index >= 15 is 0 Å². The molecule has 0 bridgehead atoms. The van der Waals surface area contributed by atoms with E-state index in [-0.39, 0.29) is 0 Å². The first kappa shape index (κ1) is 13.1. The maximum Gasteiger partial charge on any atom is 0.0991 e. The molecule has 0 amide bonds. The number of nitriles is 1. The summed E-state index contributed by atoms with van der Waals surface area (Å²) >= 11 is 0. The number of aryl methyl sites for hydroxylation is 1. The van der Waals surface area contributed by atoms with E-state index in [1.54, 1.807) is 7.11 Å². The van der Waals surface area contributed by atoms with Crippen molar-refractivity contribution in [2.45, 2.75) is 44.9 Å². The summed E-state index contributed by atoms with van der Waals surface area (Å²) in [7, 11) is 1.79. The van der Waals surface area contributed by atoms with Crippen molar-refractivity contribution < 1.29 is 4.74 Å². The fourth-order valence-electron chi connectivity index (χ4n) is 2.65. The lowest BCUT2D eigenvalue weighted by Gasteiger charge is -2.20. The van der Waals surface area contributed by atoms with Crippen molar-refractivity contribution in [2.75, 3.05) is 7.11 Å². The van der Waals surface area contributed by atoms with E-state index in [1.807, 2.05) is 18.2 Å². The summed E-state index contributed by atoms with van der Waals surface area (Å²) in [6.07, 6.45) is 3.93. The number of nitrogens with one attached hydrogen (secondary N) is 1. The van der Waals surface area contributed by atoms with Crippen molar-refractivity contribution >= 4 is 0 Å². The Labute approximate surface area is 109 Å². The Kier molecular flexibility index (Phi) is 4.35. The highest BCUT2D eigenvalue weighted by molar-refractivity contribution is 5.37. The van der Waals surface area contributed by atoms with Crippen LogP contribution in [0, 0.1) is 18.3 Å². The molecule has 0 radical (unpaired) electrons. The number of rotatable bonds is 4. The van der Waals surface area contributed by atoms with E-state index < -0.39 is 0 Å². The van der Waals surface area contributed by atoms with Crippen molar-refractivity contribution in [1.29, 1.82) is 5.26 Å². The summed E-state index contributed by atoms with van der Waals surface area (Å²) in [6, 6.07) is 8.50. The van der Waals surface area contributed by atoms with Crippen LogP contribution in [0.4, 0.5) is 0 Å². The second kappa shape index (κ2) is 5.99. The van der Waals surface area contributed by atoms with E-state index in [9.17, 15) is 0 Å². The molecule has 1 aromatic rings. The Morgan fingerprint density at radius 1 is 1.44 bits per heavy atom. The van der Waals surface area contributed by atoms with Crippen LogP contribution in [0.15, 0.2) is 18.2 Å². The maximum absolute atomic E-state index is 8.84. The summed E-state index contributed by atoms with van der Waals surface area (Å²) in [5, 5.41) is 12.4. The molecule has 0 spiro atoms. The summed E-state index contributed by atoms with van der Waals surface area (Å²) in [4.78, 5) is 0. The number of ether oxygens (including phenoxy) is 1. The SMILES string of the molecule is COC1CCCC1NCc1ccc(C#N)cc1C. The van der Waals surface area contributed by atoms with Gasteiger partial charge in [-0.1, -0.05) is 6.07 Å². The molecule has 0 heterocycles. The van der Waals surface area contributed by atoms with Gasteiger partial charge in [0, 0.05) is 19.7 Å². The first-order valence-electron chi connectivity index (χ1n) is 6.50. The van der Waals surface area contributed by atoms with Gasteiger partial charge in [-0.15, -0.1) is 0 Å². The highest BCUT2D eigenvalue weighted by Crippen LogP contribution is 2.22. The Hall–Kier alpha value is -1.37. The molecule has 1 aliphatic rings. The van der Waals surface area contributed by atoms with Crippen molar-refractivity contribution in [3.8, 4) is 6.07 Å². The molecule has 1 fully saturated rings. The highest BCUT2D eigenvalue weighted by Gasteiger charge is 2.26. The zero-order valence-corrected chi connectivity index (χ0v) is 11.1. The van der Waals surface area contributed by atoms with Gasteiger partial charge < -0.3 is 10.1 Å². The van der Waals surface area contributed by atoms with E-state index in [0.29, 0.717) is 12.1 Å². The Morgan fingerprint density at radius 3 is 2.94 bits per heavy atom. The Balaban J connectivity index is 1.96. The molecular formula is C15H20N2O. The van der Waals surface area contributed by atoms with Crippen LogP contribution in [0.5, 0.6) is 0 Å². The molecule has 3 heteroatoms. The summed E-state index contributed by atoms with van der Waals surface area (Å²) in [5.74, 6) is 0. The van der Waals surface area contributed by atoms with Crippen LogP contribution in [0.25, 0.3) is 0 Å². The van der Waals surface area contributed by atoms with Gasteiger partial charge in [0.1, 0.15) is 0 Å². The van der Waals surface area contributed by atoms with Gasteiger partial charge in [0.2, 0.25) is 0 Å². The van der Waals surface area contributed by atoms with Gasteiger partial charge in [-0.25, -0.2) is 0 Å². The third kappa shape index (κ3) is 2.90. The van der Waals surface area contributed by atoms with Gasteiger partial charge in [-0.3, -0.25) is 0 Å².